The number of carbonyl (C=O) groups excluding carboxylic acids is 1. The first-order valence-corrected chi connectivity index (χ1v) is 7.06. The van der Waals surface area contributed by atoms with Crippen LogP contribution in [0.1, 0.15) is 5.56 Å². The van der Waals surface area contributed by atoms with Crippen molar-refractivity contribution in [3.05, 3.63) is 35.0 Å². The lowest BCUT2D eigenvalue weighted by Gasteiger charge is -2.13. The van der Waals surface area contributed by atoms with E-state index in [9.17, 15) is 4.79 Å². The minimum absolute atomic E-state index is 0.282. The van der Waals surface area contributed by atoms with Crippen LogP contribution in [-0.2, 0) is 4.79 Å². The number of rotatable bonds is 2. The van der Waals surface area contributed by atoms with E-state index in [4.69, 9.17) is 5.73 Å². The molecule has 2 heterocycles. The average molecular weight is 299 g/mol. The maximum atomic E-state index is 11.6. The standard InChI is InChI=1S/C14H13N5OS/c1-19(2)12-9-5-8(3-4-10(9)16-7-17-12)6-11-13(20)18-14(15)21-11/h3-7H,1-2H3,(H2,15,18,20)/b11-6+. The minimum Gasteiger partial charge on any atom is -0.378 e. The summed E-state index contributed by atoms with van der Waals surface area (Å²) in [6, 6.07) is 5.77. The Balaban J connectivity index is 2.07. The molecule has 1 amide bonds. The molecule has 21 heavy (non-hydrogen) atoms. The second kappa shape index (κ2) is 5.17. The van der Waals surface area contributed by atoms with Gasteiger partial charge in [-0.25, -0.2) is 9.97 Å². The number of thioether (sulfide) groups is 1. The van der Waals surface area contributed by atoms with Crippen LogP contribution in [0.2, 0.25) is 0 Å². The van der Waals surface area contributed by atoms with E-state index >= 15 is 0 Å². The molecule has 0 radical (unpaired) electrons. The molecule has 2 N–H and O–H groups in total. The molecular formula is C14H13N5OS. The van der Waals surface area contributed by atoms with Crippen molar-refractivity contribution in [2.45, 2.75) is 0 Å². The van der Waals surface area contributed by atoms with Crippen LogP contribution >= 0.6 is 11.8 Å². The molecule has 0 unspecified atom stereocenters. The number of fused-ring (bicyclic) bond motifs is 1. The summed E-state index contributed by atoms with van der Waals surface area (Å²) < 4.78 is 0. The van der Waals surface area contributed by atoms with Gasteiger partial charge in [0.2, 0.25) is 0 Å². The van der Waals surface area contributed by atoms with Crippen LogP contribution in [0.25, 0.3) is 17.0 Å². The summed E-state index contributed by atoms with van der Waals surface area (Å²) in [6.45, 7) is 0. The third-order valence-corrected chi connectivity index (χ3v) is 3.81. The third-order valence-electron chi connectivity index (χ3n) is 3.00. The van der Waals surface area contributed by atoms with Crippen molar-refractivity contribution in [1.82, 2.24) is 9.97 Å². The summed E-state index contributed by atoms with van der Waals surface area (Å²) in [6.07, 6.45) is 3.32. The molecule has 0 aliphatic carbocycles. The number of nitrogens with zero attached hydrogens (tertiary/aromatic N) is 4. The van der Waals surface area contributed by atoms with Gasteiger partial charge in [0, 0.05) is 19.5 Å². The molecule has 0 bridgehead atoms. The molecule has 7 heteroatoms. The van der Waals surface area contributed by atoms with Crippen molar-refractivity contribution in [3.8, 4) is 0 Å². The number of aromatic nitrogens is 2. The Hall–Kier alpha value is -2.41. The van der Waals surface area contributed by atoms with Gasteiger partial charge in [0.15, 0.2) is 5.17 Å². The fourth-order valence-corrected chi connectivity index (χ4v) is 2.77. The Labute approximate surface area is 125 Å². The molecule has 0 spiro atoms. The molecule has 0 saturated heterocycles. The van der Waals surface area contributed by atoms with Crippen molar-refractivity contribution in [1.29, 1.82) is 0 Å². The Morgan fingerprint density at radius 3 is 2.76 bits per heavy atom. The lowest BCUT2D eigenvalue weighted by atomic mass is 10.1. The molecule has 0 saturated carbocycles. The molecular weight excluding hydrogens is 286 g/mol. The fraction of sp³-hybridized carbons (Fsp3) is 0.143. The number of benzene rings is 1. The molecule has 2 aromatic rings. The molecule has 1 aromatic heterocycles. The third kappa shape index (κ3) is 2.59. The van der Waals surface area contributed by atoms with Gasteiger partial charge >= 0.3 is 0 Å². The number of amides is 1. The molecule has 1 aliphatic heterocycles. The number of anilines is 1. The fourth-order valence-electron chi connectivity index (χ4n) is 2.08. The summed E-state index contributed by atoms with van der Waals surface area (Å²) in [5.74, 6) is 0.538. The van der Waals surface area contributed by atoms with Crippen molar-refractivity contribution in [2.75, 3.05) is 19.0 Å². The minimum atomic E-state index is -0.297. The van der Waals surface area contributed by atoms with Crippen molar-refractivity contribution >= 4 is 45.6 Å². The SMILES string of the molecule is CN(C)c1ncnc2ccc(/C=C3/SC(N)=NC3=O)cc12. The van der Waals surface area contributed by atoms with Gasteiger partial charge in [-0.3, -0.25) is 4.79 Å². The van der Waals surface area contributed by atoms with Gasteiger partial charge in [0.25, 0.3) is 5.91 Å². The lowest BCUT2D eigenvalue weighted by molar-refractivity contribution is -0.113. The average Bonchev–Trinajstić information content (AvgIpc) is 2.76. The summed E-state index contributed by atoms with van der Waals surface area (Å²) in [5, 5.41) is 1.21. The van der Waals surface area contributed by atoms with Crippen LogP contribution in [0.4, 0.5) is 5.82 Å². The van der Waals surface area contributed by atoms with Gasteiger partial charge in [-0.15, -0.1) is 0 Å². The smallest absolute Gasteiger partial charge is 0.286 e. The van der Waals surface area contributed by atoms with Crippen molar-refractivity contribution in [3.63, 3.8) is 0 Å². The van der Waals surface area contributed by atoms with Crippen LogP contribution in [0.5, 0.6) is 0 Å². The molecule has 3 rings (SSSR count). The predicted octanol–water partition coefficient (Wildman–Crippen LogP) is 1.62. The quantitative estimate of drug-likeness (QED) is 0.848. The Kier molecular flexibility index (Phi) is 3.34. The normalized spacial score (nSPS) is 16.6. The summed E-state index contributed by atoms with van der Waals surface area (Å²) in [5.41, 5.74) is 7.30. The monoisotopic (exact) mass is 299 g/mol. The number of aliphatic imine (C=N–C) groups is 1. The maximum Gasteiger partial charge on any atom is 0.286 e. The van der Waals surface area contributed by atoms with E-state index in [2.05, 4.69) is 15.0 Å². The number of hydrogen-bond donors (Lipinski definition) is 1. The topological polar surface area (TPSA) is 84.5 Å². The number of nitrogens with two attached hydrogens (primary N) is 1. The Bertz CT molecular complexity index is 797. The molecule has 0 atom stereocenters. The zero-order valence-corrected chi connectivity index (χ0v) is 12.4. The van der Waals surface area contributed by atoms with E-state index in [1.807, 2.05) is 37.2 Å². The number of carbonyl (C=O) groups is 1. The van der Waals surface area contributed by atoms with Crippen molar-refractivity contribution < 1.29 is 4.79 Å². The highest BCUT2D eigenvalue weighted by Gasteiger charge is 2.19. The zero-order chi connectivity index (χ0) is 15.0. The Morgan fingerprint density at radius 1 is 1.29 bits per heavy atom. The zero-order valence-electron chi connectivity index (χ0n) is 11.6. The van der Waals surface area contributed by atoms with Crippen LogP contribution in [0, 0.1) is 0 Å². The van der Waals surface area contributed by atoms with Crippen LogP contribution in [0.3, 0.4) is 0 Å². The van der Waals surface area contributed by atoms with E-state index < -0.39 is 0 Å². The van der Waals surface area contributed by atoms with Crippen LogP contribution < -0.4 is 10.6 Å². The van der Waals surface area contributed by atoms with Gasteiger partial charge in [-0.1, -0.05) is 6.07 Å². The van der Waals surface area contributed by atoms with Gasteiger partial charge in [0.1, 0.15) is 12.1 Å². The first-order valence-electron chi connectivity index (χ1n) is 6.25. The summed E-state index contributed by atoms with van der Waals surface area (Å²) >= 11 is 1.18. The highest BCUT2D eigenvalue weighted by molar-refractivity contribution is 8.18. The van der Waals surface area contributed by atoms with E-state index in [-0.39, 0.29) is 11.1 Å². The van der Waals surface area contributed by atoms with Crippen LogP contribution in [0.15, 0.2) is 34.4 Å². The van der Waals surface area contributed by atoms with E-state index in [1.165, 1.54) is 11.8 Å². The molecule has 1 aromatic carbocycles. The second-order valence-corrected chi connectivity index (χ2v) is 5.80. The lowest BCUT2D eigenvalue weighted by Crippen LogP contribution is -2.11. The number of amidine groups is 1. The number of hydrogen-bond acceptors (Lipinski definition) is 6. The van der Waals surface area contributed by atoms with Gasteiger partial charge in [-0.2, -0.15) is 4.99 Å². The van der Waals surface area contributed by atoms with E-state index in [0.717, 1.165) is 22.3 Å². The van der Waals surface area contributed by atoms with Gasteiger partial charge in [-0.05, 0) is 35.5 Å². The van der Waals surface area contributed by atoms with E-state index in [1.54, 1.807) is 12.4 Å². The molecule has 1 aliphatic rings. The van der Waals surface area contributed by atoms with E-state index in [0.29, 0.717) is 4.91 Å². The molecule has 6 nitrogen and oxygen atoms in total. The van der Waals surface area contributed by atoms with Gasteiger partial charge < -0.3 is 10.6 Å². The van der Waals surface area contributed by atoms with Gasteiger partial charge in [0.05, 0.1) is 10.4 Å². The predicted molar refractivity (Wildman–Crippen MR) is 86.1 cm³/mol. The summed E-state index contributed by atoms with van der Waals surface area (Å²) in [7, 11) is 3.86. The Morgan fingerprint density at radius 2 is 2.10 bits per heavy atom. The first-order chi connectivity index (χ1) is 10.0. The maximum absolute atomic E-state index is 11.6. The highest BCUT2D eigenvalue weighted by Crippen LogP contribution is 2.28. The molecule has 106 valence electrons. The highest BCUT2D eigenvalue weighted by atomic mass is 32.2. The largest absolute Gasteiger partial charge is 0.378 e. The first kappa shape index (κ1) is 13.6. The second-order valence-electron chi connectivity index (χ2n) is 4.73. The van der Waals surface area contributed by atoms with Crippen molar-refractivity contribution in [2.24, 2.45) is 10.7 Å². The van der Waals surface area contributed by atoms with Crippen LogP contribution in [-0.4, -0.2) is 35.1 Å². The molecule has 0 fully saturated rings. The summed E-state index contributed by atoms with van der Waals surface area (Å²) in [4.78, 5) is 26.3.